The molecular weight excluding hydrogens is 436 g/mol. The van der Waals surface area contributed by atoms with E-state index in [1.807, 2.05) is 30.0 Å². The van der Waals surface area contributed by atoms with E-state index in [0.717, 1.165) is 40.0 Å². The summed E-state index contributed by atoms with van der Waals surface area (Å²) in [4.78, 5) is 33.1. The Balaban J connectivity index is 1.82. The summed E-state index contributed by atoms with van der Waals surface area (Å²) in [6.07, 6.45) is 2.17. The molecule has 0 spiro atoms. The first-order valence-corrected chi connectivity index (χ1v) is 10.8. The molecule has 1 aromatic carbocycles. The average Bonchev–Trinajstić information content (AvgIpc) is 2.73. The molecule has 3 aliphatic rings. The maximum atomic E-state index is 13.5. The maximum Gasteiger partial charge on any atom is 0.252 e. The molecule has 2 heterocycles. The van der Waals surface area contributed by atoms with Crippen LogP contribution in [-0.2, 0) is 14.3 Å². The van der Waals surface area contributed by atoms with Gasteiger partial charge in [0.2, 0.25) is 0 Å². The number of Topliss-reactive ketones (excluding diaryl/α,β-unsaturated/α-hetero) is 1. The Labute approximate surface area is 179 Å². The normalized spacial score (nSPS) is 24.9. The van der Waals surface area contributed by atoms with Crippen molar-refractivity contribution in [1.82, 2.24) is 4.90 Å². The lowest BCUT2D eigenvalue weighted by molar-refractivity contribution is -0.131. The number of aliphatic imine (C=N–C) groups is 1. The van der Waals surface area contributed by atoms with Crippen LogP contribution in [0, 0.1) is 5.92 Å². The van der Waals surface area contributed by atoms with E-state index in [2.05, 4.69) is 15.9 Å². The number of rotatable bonds is 3. The van der Waals surface area contributed by atoms with Gasteiger partial charge >= 0.3 is 0 Å². The van der Waals surface area contributed by atoms with E-state index in [1.165, 1.54) is 0 Å². The van der Waals surface area contributed by atoms with Gasteiger partial charge in [-0.25, -0.2) is 0 Å². The molecule has 0 N–H and O–H groups in total. The highest BCUT2D eigenvalue weighted by Gasteiger charge is 2.44. The highest BCUT2D eigenvalue weighted by atomic mass is 79.9. The molecule has 1 saturated carbocycles. The molecule has 1 saturated heterocycles. The monoisotopic (exact) mass is 460 g/mol. The van der Waals surface area contributed by atoms with Gasteiger partial charge in [0.05, 0.1) is 30.7 Å². The number of benzene rings is 1. The number of hydrogen-bond acceptors (Lipinski definition) is 5. The number of nitrogens with zero attached hydrogens (tertiary/aromatic N) is 2. The van der Waals surface area contributed by atoms with Crippen LogP contribution >= 0.6 is 15.9 Å². The summed E-state index contributed by atoms with van der Waals surface area (Å²) in [5.41, 5.74) is 3.20. The first-order chi connectivity index (χ1) is 14.0. The van der Waals surface area contributed by atoms with Gasteiger partial charge in [-0.2, -0.15) is 0 Å². The zero-order valence-electron chi connectivity index (χ0n) is 16.7. The number of amides is 1. The zero-order valence-corrected chi connectivity index (χ0v) is 18.3. The van der Waals surface area contributed by atoms with E-state index in [4.69, 9.17) is 14.5 Å². The van der Waals surface area contributed by atoms with Gasteiger partial charge in [0.15, 0.2) is 0 Å². The second kappa shape index (κ2) is 8.40. The lowest BCUT2D eigenvalue weighted by Crippen LogP contribution is -2.45. The summed E-state index contributed by atoms with van der Waals surface area (Å²) in [7, 11) is 1.62. The van der Waals surface area contributed by atoms with Gasteiger partial charge in [0, 0.05) is 42.4 Å². The van der Waals surface area contributed by atoms with Crippen molar-refractivity contribution in [2.24, 2.45) is 10.9 Å². The molecule has 1 aromatic rings. The molecule has 6 nitrogen and oxygen atoms in total. The van der Waals surface area contributed by atoms with Gasteiger partial charge < -0.3 is 14.4 Å². The Morgan fingerprint density at radius 1 is 1.24 bits per heavy atom. The molecule has 0 radical (unpaired) electrons. The van der Waals surface area contributed by atoms with Crippen molar-refractivity contribution in [3.63, 3.8) is 0 Å². The second-order valence-electron chi connectivity index (χ2n) is 7.68. The number of ketones is 1. The minimum absolute atomic E-state index is 0.0380. The van der Waals surface area contributed by atoms with Crippen molar-refractivity contribution in [2.45, 2.75) is 32.1 Å². The molecule has 4 rings (SSSR count). The highest BCUT2D eigenvalue weighted by Crippen LogP contribution is 2.44. The molecule has 0 bridgehead atoms. The van der Waals surface area contributed by atoms with E-state index in [1.54, 1.807) is 7.11 Å². The number of allylic oxidation sites excluding steroid dienone is 1. The van der Waals surface area contributed by atoms with Crippen LogP contribution in [0.2, 0.25) is 0 Å². The minimum Gasteiger partial charge on any atom is -0.496 e. The Kier molecular flexibility index (Phi) is 5.88. The van der Waals surface area contributed by atoms with Crippen LogP contribution in [0.3, 0.4) is 0 Å². The van der Waals surface area contributed by atoms with Crippen molar-refractivity contribution in [3.8, 4) is 5.75 Å². The fourth-order valence-electron chi connectivity index (χ4n) is 4.57. The summed E-state index contributed by atoms with van der Waals surface area (Å²) in [5, 5.41) is 0. The van der Waals surface area contributed by atoms with E-state index in [-0.39, 0.29) is 23.5 Å². The zero-order chi connectivity index (χ0) is 20.5. The van der Waals surface area contributed by atoms with Gasteiger partial charge in [-0.15, -0.1) is 0 Å². The van der Waals surface area contributed by atoms with Crippen LogP contribution in [-0.4, -0.2) is 55.7 Å². The predicted octanol–water partition coefficient (Wildman–Crippen LogP) is 3.50. The van der Waals surface area contributed by atoms with E-state index in [0.29, 0.717) is 38.3 Å². The summed E-state index contributed by atoms with van der Waals surface area (Å²) < 4.78 is 11.6. The molecule has 0 unspecified atom stereocenters. The highest BCUT2D eigenvalue weighted by molar-refractivity contribution is 9.10. The Morgan fingerprint density at radius 2 is 2.00 bits per heavy atom. The Morgan fingerprint density at radius 3 is 2.69 bits per heavy atom. The fraction of sp³-hybridized carbons (Fsp3) is 0.500. The molecule has 7 heteroatoms. The van der Waals surface area contributed by atoms with E-state index >= 15 is 0 Å². The summed E-state index contributed by atoms with van der Waals surface area (Å²) >= 11 is 3.56. The number of ether oxygens (including phenoxy) is 2. The SMILES string of the molecule is COc1ccc([C@@H]2C(C(=O)N3CCOCC3)=C(C)N=C3CCCC(=O)[C@@H]32)cc1Br. The molecule has 0 aromatic heterocycles. The molecule has 2 atom stereocenters. The molecule has 1 aliphatic carbocycles. The smallest absolute Gasteiger partial charge is 0.252 e. The van der Waals surface area contributed by atoms with Crippen LogP contribution in [0.1, 0.15) is 37.7 Å². The van der Waals surface area contributed by atoms with Crippen LogP contribution in [0.4, 0.5) is 0 Å². The molecule has 2 aliphatic heterocycles. The average molecular weight is 461 g/mol. The maximum absolute atomic E-state index is 13.5. The number of fused-ring (bicyclic) bond motifs is 1. The number of methoxy groups -OCH3 is 1. The van der Waals surface area contributed by atoms with Crippen molar-refractivity contribution in [3.05, 3.63) is 39.5 Å². The van der Waals surface area contributed by atoms with Gasteiger partial charge in [-0.1, -0.05) is 6.07 Å². The number of hydrogen-bond donors (Lipinski definition) is 0. The Bertz CT molecular complexity index is 902. The minimum atomic E-state index is -0.368. The summed E-state index contributed by atoms with van der Waals surface area (Å²) in [6.45, 7) is 4.08. The van der Waals surface area contributed by atoms with Crippen LogP contribution in [0.15, 0.2) is 38.9 Å². The van der Waals surface area contributed by atoms with Crippen LogP contribution in [0.5, 0.6) is 5.75 Å². The number of carbonyl (C=O) groups excluding carboxylic acids is 2. The van der Waals surface area contributed by atoms with Crippen molar-refractivity contribution >= 4 is 33.3 Å². The van der Waals surface area contributed by atoms with E-state index in [9.17, 15) is 9.59 Å². The van der Waals surface area contributed by atoms with Gasteiger partial charge in [-0.3, -0.25) is 14.6 Å². The topological polar surface area (TPSA) is 68.2 Å². The summed E-state index contributed by atoms with van der Waals surface area (Å²) in [6, 6.07) is 5.80. The summed E-state index contributed by atoms with van der Waals surface area (Å²) in [5.74, 6) is 0.159. The third-order valence-electron chi connectivity index (χ3n) is 5.97. The molecule has 29 heavy (non-hydrogen) atoms. The first kappa shape index (κ1) is 20.3. The van der Waals surface area contributed by atoms with Crippen molar-refractivity contribution in [2.75, 3.05) is 33.4 Å². The van der Waals surface area contributed by atoms with Crippen LogP contribution < -0.4 is 4.74 Å². The standard InChI is InChI=1S/C22H25BrN2O4/c1-13-19(22(27)25-8-10-29-11-9-25)20(14-6-7-18(28-2)15(23)12-14)21-16(24-13)4-3-5-17(21)26/h6-7,12,20-21H,3-5,8-11H2,1-2H3/t20-,21-/m1/s1. The van der Waals surface area contributed by atoms with Crippen molar-refractivity contribution in [1.29, 1.82) is 0 Å². The quantitative estimate of drug-likeness (QED) is 0.691. The third kappa shape index (κ3) is 3.78. The lowest BCUT2D eigenvalue weighted by atomic mass is 9.69. The van der Waals surface area contributed by atoms with E-state index < -0.39 is 0 Å². The molecular formula is C22H25BrN2O4. The predicted molar refractivity (Wildman–Crippen MR) is 113 cm³/mol. The van der Waals surface area contributed by atoms with Gasteiger partial charge in [0.25, 0.3) is 5.91 Å². The molecule has 2 fully saturated rings. The van der Waals surface area contributed by atoms with Crippen molar-refractivity contribution < 1.29 is 19.1 Å². The molecule has 154 valence electrons. The van der Waals surface area contributed by atoms with Crippen LogP contribution in [0.25, 0.3) is 0 Å². The second-order valence-corrected chi connectivity index (χ2v) is 8.53. The first-order valence-electron chi connectivity index (χ1n) is 10.0. The lowest BCUT2D eigenvalue weighted by Gasteiger charge is -2.38. The molecule has 1 amide bonds. The third-order valence-corrected chi connectivity index (χ3v) is 6.59. The largest absolute Gasteiger partial charge is 0.496 e. The number of carbonyl (C=O) groups is 2. The van der Waals surface area contributed by atoms with Gasteiger partial charge in [-0.05, 0) is 53.4 Å². The number of morpholine rings is 1. The fourth-order valence-corrected chi connectivity index (χ4v) is 5.13. The number of halogens is 1. The Hall–Kier alpha value is -1.99. The van der Waals surface area contributed by atoms with Gasteiger partial charge in [0.1, 0.15) is 11.5 Å².